The largest absolute Gasteiger partial charge is 0.508 e. The molecule has 1 heterocycles. The number of rotatable bonds is 4. The molecule has 0 unspecified atom stereocenters. The van der Waals surface area contributed by atoms with Crippen LogP contribution in [0.25, 0.3) is 0 Å². The normalized spacial score (nSPS) is 18.8. The Kier molecular flexibility index (Phi) is 5.47. The number of likely N-dealkylation sites (tertiary alicyclic amines) is 1. The highest BCUT2D eigenvalue weighted by Gasteiger charge is 2.20. The van der Waals surface area contributed by atoms with Gasteiger partial charge < -0.3 is 14.4 Å². The fourth-order valence-electron chi connectivity index (χ4n) is 1.57. The second kappa shape index (κ2) is 6.67. The molecule has 0 radical (unpaired) electrons. The van der Waals surface area contributed by atoms with Gasteiger partial charge in [0.2, 0.25) is 0 Å². The average molecular weight is 215 g/mol. The minimum Gasteiger partial charge on any atom is -0.434 e. The summed E-state index contributed by atoms with van der Waals surface area (Å²) in [6.07, 6.45) is 3.32. The van der Waals surface area contributed by atoms with Gasteiger partial charge >= 0.3 is 6.16 Å². The van der Waals surface area contributed by atoms with E-state index in [1.165, 1.54) is 0 Å². The van der Waals surface area contributed by atoms with E-state index in [1.807, 2.05) is 0 Å². The molecule has 0 amide bonds. The van der Waals surface area contributed by atoms with Gasteiger partial charge in [0.05, 0.1) is 6.61 Å². The maximum Gasteiger partial charge on any atom is 0.508 e. The third-order valence-electron chi connectivity index (χ3n) is 2.65. The first-order valence-electron chi connectivity index (χ1n) is 5.74. The van der Waals surface area contributed by atoms with Crippen molar-refractivity contribution in [3.05, 3.63) is 0 Å². The molecule has 0 aliphatic carbocycles. The smallest absolute Gasteiger partial charge is 0.434 e. The molecule has 1 aliphatic rings. The first-order chi connectivity index (χ1) is 7.22. The average Bonchev–Trinajstić information content (AvgIpc) is 2.22. The number of hydrogen-bond donors (Lipinski definition) is 0. The van der Waals surface area contributed by atoms with Gasteiger partial charge in [0, 0.05) is 13.1 Å². The number of ether oxygens (including phenoxy) is 2. The van der Waals surface area contributed by atoms with Crippen LogP contribution in [0.4, 0.5) is 4.79 Å². The van der Waals surface area contributed by atoms with Crippen LogP contribution in [0.5, 0.6) is 0 Å². The molecule has 0 N–H and O–H groups in total. The van der Waals surface area contributed by atoms with E-state index in [1.54, 1.807) is 0 Å². The quantitative estimate of drug-likeness (QED) is 0.531. The third kappa shape index (κ3) is 5.02. The number of nitrogens with zero attached hydrogens (tertiary/aromatic N) is 1. The molecule has 0 aromatic heterocycles. The summed E-state index contributed by atoms with van der Waals surface area (Å²) in [5.41, 5.74) is 0. The lowest BCUT2D eigenvalue weighted by Gasteiger charge is -2.28. The summed E-state index contributed by atoms with van der Waals surface area (Å²) in [5, 5.41) is 0. The van der Waals surface area contributed by atoms with Gasteiger partial charge in [-0.15, -0.1) is 0 Å². The molecule has 0 aromatic carbocycles. The van der Waals surface area contributed by atoms with Gasteiger partial charge in [-0.25, -0.2) is 4.79 Å². The lowest BCUT2D eigenvalue weighted by Crippen LogP contribution is -2.35. The van der Waals surface area contributed by atoms with E-state index in [9.17, 15) is 4.79 Å². The van der Waals surface area contributed by atoms with Gasteiger partial charge in [-0.05, 0) is 26.3 Å². The molecule has 4 heteroatoms. The van der Waals surface area contributed by atoms with Crippen molar-refractivity contribution in [2.75, 3.05) is 26.7 Å². The molecule has 1 fully saturated rings. The van der Waals surface area contributed by atoms with Crippen molar-refractivity contribution in [2.24, 2.45) is 0 Å². The van der Waals surface area contributed by atoms with Crippen LogP contribution in [0.1, 0.15) is 32.6 Å². The fourth-order valence-corrected chi connectivity index (χ4v) is 1.57. The van der Waals surface area contributed by atoms with Crippen LogP contribution in [-0.2, 0) is 9.47 Å². The van der Waals surface area contributed by atoms with Crippen LogP contribution in [0.15, 0.2) is 0 Å². The number of carbonyl (C=O) groups is 1. The first kappa shape index (κ1) is 12.3. The highest BCUT2D eigenvalue weighted by atomic mass is 16.7. The van der Waals surface area contributed by atoms with Gasteiger partial charge in [0.1, 0.15) is 6.10 Å². The van der Waals surface area contributed by atoms with Crippen molar-refractivity contribution in [3.63, 3.8) is 0 Å². The summed E-state index contributed by atoms with van der Waals surface area (Å²) in [6.45, 7) is 4.52. The van der Waals surface area contributed by atoms with Crippen LogP contribution in [-0.4, -0.2) is 43.9 Å². The molecule has 15 heavy (non-hydrogen) atoms. The van der Waals surface area contributed by atoms with Crippen LogP contribution in [0, 0.1) is 0 Å². The molecule has 1 rings (SSSR count). The highest BCUT2D eigenvalue weighted by molar-refractivity contribution is 5.60. The van der Waals surface area contributed by atoms with Crippen molar-refractivity contribution in [1.29, 1.82) is 0 Å². The third-order valence-corrected chi connectivity index (χ3v) is 2.65. The summed E-state index contributed by atoms with van der Waals surface area (Å²) >= 11 is 0. The van der Waals surface area contributed by atoms with Crippen LogP contribution >= 0.6 is 0 Å². The van der Waals surface area contributed by atoms with Crippen LogP contribution in [0.3, 0.4) is 0 Å². The van der Waals surface area contributed by atoms with Crippen molar-refractivity contribution in [2.45, 2.75) is 38.7 Å². The van der Waals surface area contributed by atoms with Crippen molar-refractivity contribution in [3.8, 4) is 0 Å². The van der Waals surface area contributed by atoms with E-state index in [0.717, 1.165) is 38.8 Å². The summed E-state index contributed by atoms with van der Waals surface area (Å²) in [6, 6.07) is 0. The zero-order valence-corrected chi connectivity index (χ0v) is 9.70. The van der Waals surface area contributed by atoms with Gasteiger partial charge in [-0.2, -0.15) is 0 Å². The Labute approximate surface area is 91.5 Å². The van der Waals surface area contributed by atoms with Crippen molar-refractivity contribution >= 4 is 6.16 Å². The second-order valence-electron chi connectivity index (χ2n) is 4.07. The standard InChI is InChI=1S/C11H21NO3/c1-3-4-9-14-11(13)15-10-5-7-12(2)8-6-10/h10H,3-9H2,1-2H3. The molecule has 0 aromatic rings. The number of piperidine rings is 1. The molecule has 0 saturated carbocycles. The van der Waals surface area contributed by atoms with Crippen LogP contribution < -0.4 is 0 Å². The molecule has 1 saturated heterocycles. The maximum absolute atomic E-state index is 11.2. The second-order valence-corrected chi connectivity index (χ2v) is 4.07. The molecular weight excluding hydrogens is 194 g/mol. The van der Waals surface area contributed by atoms with Crippen molar-refractivity contribution < 1.29 is 14.3 Å². The summed E-state index contributed by atoms with van der Waals surface area (Å²) in [4.78, 5) is 13.4. The molecule has 0 bridgehead atoms. The Morgan fingerprint density at radius 3 is 2.67 bits per heavy atom. The maximum atomic E-state index is 11.2. The van der Waals surface area contributed by atoms with E-state index in [0.29, 0.717) is 6.61 Å². The van der Waals surface area contributed by atoms with E-state index >= 15 is 0 Å². The number of hydrogen-bond acceptors (Lipinski definition) is 4. The Hall–Kier alpha value is -0.770. The van der Waals surface area contributed by atoms with Gasteiger partial charge in [-0.3, -0.25) is 0 Å². The molecule has 4 nitrogen and oxygen atoms in total. The van der Waals surface area contributed by atoms with E-state index in [2.05, 4.69) is 18.9 Å². The lowest BCUT2D eigenvalue weighted by atomic mass is 10.1. The lowest BCUT2D eigenvalue weighted by molar-refractivity contribution is 0.00234. The first-order valence-corrected chi connectivity index (χ1v) is 5.74. The van der Waals surface area contributed by atoms with Gasteiger partial charge in [-0.1, -0.05) is 13.3 Å². The SMILES string of the molecule is CCCCOC(=O)OC1CCN(C)CC1. The van der Waals surface area contributed by atoms with Gasteiger partial charge in [0.15, 0.2) is 0 Å². The topological polar surface area (TPSA) is 38.8 Å². The fraction of sp³-hybridized carbons (Fsp3) is 0.909. The van der Waals surface area contributed by atoms with E-state index in [4.69, 9.17) is 9.47 Å². The van der Waals surface area contributed by atoms with Crippen molar-refractivity contribution in [1.82, 2.24) is 4.90 Å². The molecular formula is C11H21NO3. The predicted octanol–water partition coefficient (Wildman–Crippen LogP) is 2.03. The number of unbranched alkanes of at least 4 members (excludes halogenated alkanes) is 1. The zero-order valence-electron chi connectivity index (χ0n) is 9.70. The molecule has 0 atom stereocenters. The van der Waals surface area contributed by atoms with E-state index < -0.39 is 6.16 Å². The predicted molar refractivity (Wildman–Crippen MR) is 57.9 cm³/mol. The monoisotopic (exact) mass is 215 g/mol. The Morgan fingerprint density at radius 1 is 1.40 bits per heavy atom. The van der Waals surface area contributed by atoms with Gasteiger partial charge in [0.25, 0.3) is 0 Å². The summed E-state index contributed by atoms with van der Waals surface area (Å²) in [7, 11) is 2.08. The Morgan fingerprint density at radius 2 is 2.07 bits per heavy atom. The van der Waals surface area contributed by atoms with E-state index in [-0.39, 0.29) is 6.10 Å². The minimum absolute atomic E-state index is 0.0512. The minimum atomic E-state index is -0.502. The highest BCUT2D eigenvalue weighted by Crippen LogP contribution is 2.12. The molecule has 1 aliphatic heterocycles. The zero-order chi connectivity index (χ0) is 11.1. The Bertz CT molecular complexity index is 188. The molecule has 0 spiro atoms. The molecule has 88 valence electrons. The summed E-state index contributed by atoms with van der Waals surface area (Å²) in [5.74, 6) is 0. The van der Waals surface area contributed by atoms with Crippen LogP contribution in [0.2, 0.25) is 0 Å². The Balaban J connectivity index is 2.09. The number of carbonyl (C=O) groups excluding carboxylic acids is 1. The summed E-state index contributed by atoms with van der Waals surface area (Å²) < 4.78 is 10.1.